The van der Waals surface area contributed by atoms with Crippen LogP contribution >= 0.6 is 0 Å². The van der Waals surface area contributed by atoms with Crippen molar-refractivity contribution >= 4 is 46.1 Å². The molecule has 0 fully saturated rings. The van der Waals surface area contributed by atoms with Crippen LogP contribution in [0, 0.1) is 10.1 Å². The van der Waals surface area contributed by atoms with Gasteiger partial charge in [-0.3, -0.25) is 20.2 Å². The molecule has 10 nitrogen and oxygen atoms in total. The number of oxazole rings is 1. The molecule has 4 aromatic rings. The Morgan fingerprint density at radius 2 is 1.78 bits per heavy atom. The van der Waals surface area contributed by atoms with Crippen LogP contribution in [0.3, 0.4) is 0 Å². The molecule has 0 aliphatic rings. The first-order valence-corrected chi connectivity index (χ1v) is 9.35. The summed E-state index contributed by atoms with van der Waals surface area (Å²) >= 11 is 0. The van der Waals surface area contributed by atoms with Crippen molar-refractivity contribution in [2.75, 3.05) is 17.7 Å². The Bertz CT molecular complexity index is 1330. The van der Waals surface area contributed by atoms with Gasteiger partial charge in [0.25, 0.3) is 11.6 Å². The highest BCUT2D eigenvalue weighted by molar-refractivity contribution is 6.04. The fraction of sp³-hybridized carbons (Fsp3) is 0.0455. The summed E-state index contributed by atoms with van der Waals surface area (Å²) in [6.45, 7) is 0. The Balaban J connectivity index is 1.57. The number of esters is 1. The molecule has 0 saturated carbocycles. The van der Waals surface area contributed by atoms with Crippen molar-refractivity contribution in [3.8, 4) is 0 Å². The number of carbonyl (C=O) groups is 2. The lowest BCUT2D eigenvalue weighted by molar-refractivity contribution is -0.383. The van der Waals surface area contributed by atoms with E-state index in [9.17, 15) is 19.7 Å². The zero-order valence-corrected chi connectivity index (χ0v) is 16.7. The van der Waals surface area contributed by atoms with Crippen molar-refractivity contribution in [2.24, 2.45) is 0 Å². The number of rotatable bonds is 6. The van der Waals surface area contributed by atoms with Gasteiger partial charge in [-0.1, -0.05) is 18.2 Å². The maximum Gasteiger partial charge on any atom is 0.337 e. The van der Waals surface area contributed by atoms with E-state index in [2.05, 4.69) is 20.4 Å². The molecule has 1 amide bonds. The number of methoxy groups -OCH3 is 1. The number of anilines is 3. The van der Waals surface area contributed by atoms with Gasteiger partial charge in [0, 0.05) is 17.3 Å². The van der Waals surface area contributed by atoms with Gasteiger partial charge < -0.3 is 14.5 Å². The molecule has 2 N–H and O–H groups in total. The topological polar surface area (TPSA) is 137 Å². The van der Waals surface area contributed by atoms with Crippen molar-refractivity contribution in [1.82, 2.24) is 4.98 Å². The van der Waals surface area contributed by atoms with Crippen molar-refractivity contribution in [1.29, 1.82) is 0 Å². The molecule has 0 bridgehead atoms. The number of benzene rings is 3. The Morgan fingerprint density at radius 1 is 1.03 bits per heavy atom. The van der Waals surface area contributed by atoms with E-state index in [1.165, 1.54) is 43.5 Å². The molecule has 10 heteroatoms. The summed E-state index contributed by atoms with van der Waals surface area (Å²) in [7, 11) is 1.26. The van der Waals surface area contributed by atoms with Gasteiger partial charge in [-0.25, -0.2) is 4.79 Å². The van der Waals surface area contributed by atoms with Gasteiger partial charge in [-0.2, -0.15) is 4.98 Å². The summed E-state index contributed by atoms with van der Waals surface area (Å²) in [4.78, 5) is 39.4. The van der Waals surface area contributed by atoms with Crippen LogP contribution in [-0.2, 0) is 4.74 Å². The minimum Gasteiger partial charge on any atom is -0.465 e. The summed E-state index contributed by atoms with van der Waals surface area (Å²) in [6.07, 6.45) is 0. The van der Waals surface area contributed by atoms with E-state index in [1.807, 2.05) is 6.07 Å². The van der Waals surface area contributed by atoms with Crippen molar-refractivity contribution in [2.45, 2.75) is 0 Å². The third kappa shape index (κ3) is 4.24. The first kappa shape index (κ1) is 20.5. The first-order chi connectivity index (χ1) is 15.4. The van der Waals surface area contributed by atoms with Gasteiger partial charge in [0.05, 0.1) is 17.6 Å². The Labute approximate surface area is 181 Å². The SMILES string of the molecule is COC(=O)c1ccc2oc(NC(=O)c3ccc(Nc4ccccc4)c([N+](=O)[O-])c3)nc2c1. The molecule has 160 valence electrons. The van der Waals surface area contributed by atoms with Gasteiger partial charge in [0.2, 0.25) is 0 Å². The molecule has 1 heterocycles. The van der Waals surface area contributed by atoms with E-state index in [-0.39, 0.29) is 28.5 Å². The van der Waals surface area contributed by atoms with Crippen molar-refractivity contribution < 1.29 is 23.7 Å². The van der Waals surface area contributed by atoms with Gasteiger partial charge in [-0.05, 0) is 42.5 Å². The molecule has 32 heavy (non-hydrogen) atoms. The standard InChI is InChI=1S/C22H16N4O6/c1-31-21(28)14-8-10-19-17(11-14)24-22(32-19)25-20(27)13-7-9-16(18(12-13)26(29)30)23-15-5-3-2-4-6-15/h2-12,23H,1H3,(H,24,25,27). The van der Waals surface area contributed by atoms with Crippen LogP contribution in [0.25, 0.3) is 11.1 Å². The molecule has 0 saturated heterocycles. The van der Waals surface area contributed by atoms with Crippen LogP contribution in [0.5, 0.6) is 0 Å². The average Bonchev–Trinajstić information content (AvgIpc) is 3.20. The van der Waals surface area contributed by atoms with Crippen LogP contribution in [-0.4, -0.2) is 28.9 Å². The molecule has 0 radical (unpaired) electrons. The Hall–Kier alpha value is -4.73. The number of aromatic nitrogens is 1. The minimum absolute atomic E-state index is 0.0489. The number of ether oxygens (including phenoxy) is 1. The molecule has 3 aromatic carbocycles. The van der Waals surface area contributed by atoms with E-state index in [1.54, 1.807) is 24.3 Å². The highest BCUT2D eigenvalue weighted by atomic mass is 16.6. The summed E-state index contributed by atoms with van der Waals surface area (Å²) in [6, 6.07) is 17.4. The molecule has 0 atom stereocenters. The molecule has 0 unspecified atom stereocenters. The third-order valence-corrected chi connectivity index (χ3v) is 4.54. The first-order valence-electron chi connectivity index (χ1n) is 9.35. The molecular formula is C22H16N4O6. The quantitative estimate of drug-likeness (QED) is 0.258. The molecule has 0 spiro atoms. The summed E-state index contributed by atoms with van der Waals surface area (Å²) in [5.41, 5.74) is 1.68. The number of fused-ring (bicyclic) bond motifs is 1. The van der Waals surface area contributed by atoms with Gasteiger partial charge >= 0.3 is 12.0 Å². The number of nitro benzene ring substituents is 1. The molecule has 0 aliphatic carbocycles. The maximum absolute atomic E-state index is 12.6. The Morgan fingerprint density at radius 3 is 2.50 bits per heavy atom. The lowest BCUT2D eigenvalue weighted by Gasteiger charge is -2.08. The van der Waals surface area contributed by atoms with Crippen molar-refractivity contribution in [3.05, 3.63) is 88.0 Å². The van der Waals surface area contributed by atoms with E-state index in [0.717, 1.165) is 0 Å². The number of nitrogens with one attached hydrogen (secondary N) is 2. The number of para-hydroxylation sites is 1. The van der Waals surface area contributed by atoms with Crippen LogP contribution < -0.4 is 10.6 Å². The summed E-state index contributed by atoms with van der Waals surface area (Å²) in [5, 5.41) is 17.0. The fourth-order valence-corrected chi connectivity index (χ4v) is 3.00. The number of hydrogen-bond donors (Lipinski definition) is 2. The fourth-order valence-electron chi connectivity index (χ4n) is 3.00. The second-order valence-electron chi connectivity index (χ2n) is 6.63. The molecule has 1 aromatic heterocycles. The normalized spacial score (nSPS) is 10.5. The number of hydrogen-bond acceptors (Lipinski definition) is 8. The predicted molar refractivity (Wildman–Crippen MR) is 116 cm³/mol. The predicted octanol–water partition coefficient (Wildman–Crippen LogP) is 4.52. The van der Waals surface area contributed by atoms with Crippen LogP contribution in [0.4, 0.5) is 23.1 Å². The minimum atomic E-state index is -0.640. The highest BCUT2D eigenvalue weighted by Gasteiger charge is 2.19. The smallest absolute Gasteiger partial charge is 0.337 e. The second-order valence-corrected chi connectivity index (χ2v) is 6.63. The average molecular weight is 432 g/mol. The second kappa shape index (κ2) is 8.56. The number of carbonyl (C=O) groups excluding carboxylic acids is 2. The van der Waals surface area contributed by atoms with Gasteiger partial charge in [-0.15, -0.1) is 0 Å². The van der Waals surface area contributed by atoms with Crippen LogP contribution in [0.15, 0.2) is 71.1 Å². The van der Waals surface area contributed by atoms with E-state index in [4.69, 9.17) is 4.42 Å². The summed E-state index contributed by atoms with van der Waals surface area (Å²) < 4.78 is 10.1. The van der Waals surface area contributed by atoms with Gasteiger partial charge in [0.15, 0.2) is 5.58 Å². The number of nitrogens with zero attached hydrogens (tertiary/aromatic N) is 2. The van der Waals surface area contributed by atoms with E-state index < -0.39 is 16.8 Å². The molecule has 4 rings (SSSR count). The largest absolute Gasteiger partial charge is 0.465 e. The van der Waals surface area contributed by atoms with Crippen LogP contribution in [0.2, 0.25) is 0 Å². The third-order valence-electron chi connectivity index (χ3n) is 4.54. The lowest BCUT2D eigenvalue weighted by Crippen LogP contribution is -2.12. The molecular weight excluding hydrogens is 416 g/mol. The van der Waals surface area contributed by atoms with E-state index >= 15 is 0 Å². The zero-order valence-electron chi connectivity index (χ0n) is 16.7. The molecule has 0 aliphatic heterocycles. The zero-order chi connectivity index (χ0) is 22.7. The van der Waals surface area contributed by atoms with E-state index in [0.29, 0.717) is 16.8 Å². The summed E-state index contributed by atoms with van der Waals surface area (Å²) in [5.74, 6) is -1.17. The maximum atomic E-state index is 12.6. The van der Waals surface area contributed by atoms with Gasteiger partial charge in [0.1, 0.15) is 11.2 Å². The lowest BCUT2D eigenvalue weighted by atomic mass is 10.1. The Kier molecular flexibility index (Phi) is 5.49. The number of amides is 1. The highest BCUT2D eigenvalue weighted by Crippen LogP contribution is 2.29. The number of nitro groups is 1. The van der Waals surface area contributed by atoms with Crippen molar-refractivity contribution in [3.63, 3.8) is 0 Å². The monoisotopic (exact) mass is 432 g/mol. The van der Waals surface area contributed by atoms with Crippen LogP contribution in [0.1, 0.15) is 20.7 Å².